The summed E-state index contributed by atoms with van der Waals surface area (Å²) < 4.78 is 5.66. The van der Waals surface area contributed by atoms with Gasteiger partial charge in [-0.15, -0.1) is 0 Å². The van der Waals surface area contributed by atoms with E-state index in [-0.39, 0.29) is 17.3 Å². The number of carbonyl (C=O) groups excluding carboxylic acids is 3. The fourth-order valence-corrected chi connectivity index (χ4v) is 5.44. The molecule has 0 amide bonds. The Morgan fingerprint density at radius 1 is 0.829 bits per heavy atom. The number of Topliss-reactive ketones (excluding diaryl/α,β-unsaturated/α-hetero) is 2. The number of para-hydroxylation sites is 1. The highest BCUT2D eigenvalue weighted by Crippen LogP contribution is 2.41. The van der Waals surface area contributed by atoms with Crippen LogP contribution in [0.2, 0.25) is 0 Å². The predicted molar refractivity (Wildman–Crippen MR) is 134 cm³/mol. The van der Waals surface area contributed by atoms with Gasteiger partial charge in [0, 0.05) is 23.9 Å². The molecule has 0 aromatic heterocycles. The van der Waals surface area contributed by atoms with Crippen LogP contribution in [0, 0.1) is 11.8 Å². The molecule has 0 aliphatic carbocycles. The number of hydrogen-bond donors (Lipinski definition) is 0. The highest BCUT2D eigenvalue weighted by Gasteiger charge is 2.47. The van der Waals surface area contributed by atoms with Crippen molar-refractivity contribution in [2.24, 2.45) is 11.8 Å². The minimum Gasteiger partial charge on any atom is -0.425 e. The van der Waals surface area contributed by atoms with Gasteiger partial charge in [-0.3, -0.25) is 14.4 Å². The molecule has 0 radical (unpaired) electrons. The van der Waals surface area contributed by atoms with E-state index in [9.17, 15) is 14.4 Å². The Bertz CT molecular complexity index is 1200. The van der Waals surface area contributed by atoms with Crippen LogP contribution < -0.4 is 4.74 Å². The zero-order chi connectivity index (χ0) is 24.2. The largest absolute Gasteiger partial charge is 0.425 e. The molecule has 3 unspecified atom stereocenters. The average Bonchev–Trinajstić information content (AvgIpc) is 2.91. The molecule has 2 heterocycles. The molecule has 3 aromatic rings. The monoisotopic (exact) mass is 467 g/mol. The van der Waals surface area contributed by atoms with Crippen molar-refractivity contribution in [3.05, 3.63) is 102 Å². The quantitative estimate of drug-likeness (QED) is 0.208. The number of ether oxygens (including phenoxy) is 1. The van der Waals surface area contributed by atoms with Gasteiger partial charge >= 0.3 is 5.97 Å². The topological polar surface area (TPSA) is 63.7 Å². The number of benzene rings is 3. The van der Waals surface area contributed by atoms with Crippen LogP contribution in [0.3, 0.4) is 0 Å². The first-order valence-corrected chi connectivity index (χ1v) is 12.3. The number of hydrogen-bond acceptors (Lipinski definition) is 5. The third-order valence-electron chi connectivity index (χ3n) is 7.18. The summed E-state index contributed by atoms with van der Waals surface area (Å²) in [4.78, 5) is 43.5. The minimum atomic E-state index is -1.09. The second-order valence-corrected chi connectivity index (χ2v) is 9.39. The number of fused-ring (bicyclic) bond motifs is 1. The smallest absolute Gasteiger partial charge is 0.322 e. The standard InChI is InChI=1S/C30H29NO4/c32-28(22-14-6-2-7-15-22)24(20-31-18-10-3-11-19-31)26(21-12-4-1-5-13-21)27-29(33)23-16-8-9-17-25(23)35-30(27)34/h1-2,4-9,12-17,24,26-27H,3,10-11,18-20H2. The van der Waals surface area contributed by atoms with Crippen LogP contribution >= 0.6 is 0 Å². The van der Waals surface area contributed by atoms with Gasteiger partial charge in [-0.25, -0.2) is 0 Å². The molecule has 2 aliphatic rings. The third kappa shape index (κ3) is 4.82. The fraction of sp³-hybridized carbons (Fsp3) is 0.300. The minimum absolute atomic E-state index is 0.0514. The lowest BCUT2D eigenvalue weighted by Crippen LogP contribution is -2.46. The maximum absolute atomic E-state index is 14.0. The maximum atomic E-state index is 14.0. The van der Waals surface area contributed by atoms with Crippen molar-refractivity contribution in [2.75, 3.05) is 19.6 Å². The summed E-state index contributed by atoms with van der Waals surface area (Å²) in [6, 6.07) is 25.5. The van der Waals surface area contributed by atoms with Gasteiger partial charge in [0.2, 0.25) is 0 Å². The molecule has 3 aromatic carbocycles. The van der Waals surface area contributed by atoms with E-state index in [0.717, 1.165) is 31.5 Å². The first-order valence-electron chi connectivity index (χ1n) is 12.3. The van der Waals surface area contributed by atoms with Gasteiger partial charge in [-0.05, 0) is 43.6 Å². The SMILES string of the molecule is O=C(c1ccccc1)C(CN1CCCCC1)C(c1ccccc1)C1C(=O)Oc2ccccc2C1=O. The normalized spacial score (nSPS) is 19.9. The van der Waals surface area contributed by atoms with Crippen molar-refractivity contribution in [2.45, 2.75) is 25.2 Å². The number of likely N-dealkylation sites (tertiary alicyclic amines) is 1. The van der Waals surface area contributed by atoms with Crippen molar-refractivity contribution in [1.82, 2.24) is 4.90 Å². The molecule has 35 heavy (non-hydrogen) atoms. The van der Waals surface area contributed by atoms with Crippen LogP contribution in [0.1, 0.15) is 51.5 Å². The molecule has 5 heteroatoms. The maximum Gasteiger partial charge on any atom is 0.322 e. The van der Waals surface area contributed by atoms with Gasteiger partial charge in [-0.2, -0.15) is 0 Å². The summed E-state index contributed by atoms with van der Waals surface area (Å²) in [5, 5.41) is 0. The van der Waals surface area contributed by atoms with Crippen molar-refractivity contribution in [3.8, 4) is 5.75 Å². The number of esters is 1. The van der Waals surface area contributed by atoms with E-state index in [2.05, 4.69) is 4.90 Å². The molecular weight excluding hydrogens is 438 g/mol. The Hall–Kier alpha value is -3.57. The summed E-state index contributed by atoms with van der Waals surface area (Å²) in [5.41, 5.74) is 1.78. The van der Waals surface area contributed by atoms with Gasteiger partial charge in [0.1, 0.15) is 11.7 Å². The molecule has 5 nitrogen and oxygen atoms in total. The van der Waals surface area contributed by atoms with Gasteiger partial charge in [0.15, 0.2) is 11.6 Å². The molecule has 2 aliphatic heterocycles. The van der Waals surface area contributed by atoms with Crippen molar-refractivity contribution in [1.29, 1.82) is 0 Å². The first kappa shape index (κ1) is 23.2. The summed E-state index contributed by atoms with van der Waals surface area (Å²) in [6.45, 7) is 2.31. The van der Waals surface area contributed by atoms with Crippen LogP contribution in [0.4, 0.5) is 0 Å². The van der Waals surface area contributed by atoms with Crippen LogP contribution in [-0.4, -0.2) is 42.1 Å². The molecular formula is C30H29NO4. The molecule has 1 fully saturated rings. The van der Waals surface area contributed by atoms with Crippen molar-refractivity contribution in [3.63, 3.8) is 0 Å². The molecule has 0 saturated carbocycles. The number of nitrogens with zero attached hydrogens (tertiary/aromatic N) is 1. The van der Waals surface area contributed by atoms with Crippen LogP contribution in [0.15, 0.2) is 84.9 Å². The van der Waals surface area contributed by atoms with E-state index in [1.54, 1.807) is 24.3 Å². The van der Waals surface area contributed by atoms with E-state index >= 15 is 0 Å². The summed E-state index contributed by atoms with van der Waals surface area (Å²) >= 11 is 0. The van der Waals surface area contributed by atoms with Gasteiger partial charge in [0.05, 0.1) is 5.56 Å². The van der Waals surface area contributed by atoms with Crippen LogP contribution in [0.5, 0.6) is 5.75 Å². The zero-order valence-electron chi connectivity index (χ0n) is 19.6. The fourth-order valence-electron chi connectivity index (χ4n) is 5.44. The third-order valence-corrected chi connectivity index (χ3v) is 7.18. The van der Waals surface area contributed by atoms with E-state index in [1.165, 1.54) is 6.42 Å². The lowest BCUT2D eigenvalue weighted by atomic mass is 9.70. The van der Waals surface area contributed by atoms with Gasteiger partial charge in [0.25, 0.3) is 0 Å². The van der Waals surface area contributed by atoms with Crippen molar-refractivity contribution >= 4 is 17.5 Å². The Kier molecular flexibility index (Phi) is 6.87. The highest BCUT2D eigenvalue weighted by molar-refractivity contribution is 6.14. The molecule has 178 valence electrons. The number of piperidine rings is 1. The molecule has 3 atom stereocenters. The summed E-state index contributed by atoms with van der Waals surface area (Å²) in [5.74, 6) is -2.95. The Morgan fingerprint density at radius 2 is 1.46 bits per heavy atom. The molecule has 0 spiro atoms. The molecule has 0 bridgehead atoms. The van der Waals surface area contributed by atoms with Crippen molar-refractivity contribution < 1.29 is 19.1 Å². The number of ketones is 2. The molecule has 0 N–H and O–H groups in total. The van der Waals surface area contributed by atoms with Gasteiger partial charge in [-0.1, -0.05) is 79.2 Å². The lowest BCUT2D eigenvalue weighted by molar-refractivity contribution is -0.139. The van der Waals surface area contributed by atoms with E-state index in [1.807, 2.05) is 60.7 Å². The second-order valence-electron chi connectivity index (χ2n) is 9.39. The van der Waals surface area contributed by atoms with Crippen LogP contribution in [-0.2, 0) is 4.79 Å². The lowest BCUT2D eigenvalue weighted by Gasteiger charge is -2.37. The summed E-state index contributed by atoms with van der Waals surface area (Å²) in [7, 11) is 0. The van der Waals surface area contributed by atoms with E-state index in [0.29, 0.717) is 17.7 Å². The predicted octanol–water partition coefficient (Wildman–Crippen LogP) is 5.17. The zero-order valence-corrected chi connectivity index (χ0v) is 19.6. The second kappa shape index (κ2) is 10.4. The number of rotatable bonds is 7. The molecule has 5 rings (SSSR count). The summed E-state index contributed by atoms with van der Waals surface area (Å²) in [6.07, 6.45) is 3.35. The van der Waals surface area contributed by atoms with Crippen LogP contribution in [0.25, 0.3) is 0 Å². The van der Waals surface area contributed by atoms with Gasteiger partial charge < -0.3 is 9.64 Å². The Balaban J connectivity index is 1.61. The molecule has 1 saturated heterocycles. The number of carbonyl (C=O) groups is 3. The highest BCUT2D eigenvalue weighted by atomic mass is 16.5. The average molecular weight is 468 g/mol. The Labute approximate surface area is 205 Å². The first-order chi connectivity index (χ1) is 17.1. The Morgan fingerprint density at radius 3 is 2.17 bits per heavy atom. The van der Waals surface area contributed by atoms with E-state index in [4.69, 9.17) is 4.74 Å². The van der Waals surface area contributed by atoms with E-state index < -0.39 is 23.7 Å².